The van der Waals surface area contributed by atoms with Crippen molar-refractivity contribution in [2.24, 2.45) is 5.92 Å². The van der Waals surface area contributed by atoms with Gasteiger partial charge in [0, 0.05) is 26.1 Å². The zero-order valence-electron chi connectivity index (χ0n) is 29.6. The molecule has 0 aromatic heterocycles. The van der Waals surface area contributed by atoms with Gasteiger partial charge in [0.05, 0.1) is 25.6 Å². The number of nitrogens with zero attached hydrogens (tertiary/aromatic N) is 1. The number of ether oxygens (including phenoxy) is 3. The standard InChI is InChI=1S/C37H71NO7/c1-4-7-10-12-13-14-15-16-18-25-35(40)44-33-29-38(27-19-20-30-39)28-26-36(41)43-31-21-22-32-45-37(42)34(23-9-6-3)24-17-11-8-5-2/h34,39H,4-33H2,1-3H3. The SMILES string of the molecule is CCCCCCCCCCCC(=O)OCCN(CCCCO)CCC(=O)OCCCCOC(=O)C(CCCC)CCCCCC. The van der Waals surface area contributed by atoms with Gasteiger partial charge in [0.1, 0.15) is 6.61 Å². The third-order valence-electron chi connectivity index (χ3n) is 8.36. The highest BCUT2D eigenvalue weighted by Crippen LogP contribution is 2.19. The lowest BCUT2D eigenvalue weighted by molar-refractivity contribution is -0.150. The molecule has 266 valence electrons. The van der Waals surface area contributed by atoms with E-state index < -0.39 is 0 Å². The number of hydrogen-bond acceptors (Lipinski definition) is 8. The molecule has 0 aromatic carbocycles. The van der Waals surface area contributed by atoms with Gasteiger partial charge in [-0.3, -0.25) is 19.3 Å². The molecule has 0 amide bonds. The highest BCUT2D eigenvalue weighted by molar-refractivity contribution is 5.72. The summed E-state index contributed by atoms with van der Waals surface area (Å²) in [6.07, 6.45) is 23.1. The molecule has 8 nitrogen and oxygen atoms in total. The normalized spacial score (nSPS) is 11.9. The van der Waals surface area contributed by atoms with Crippen LogP contribution < -0.4 is 0 Å². The first-order valence-corrected chi connectivity index (χ1v) is 18.8. The number of carbonyl (C=O) groups excluding carboxylic acids is 3. The maximum Gasteiger partial charge on any atom is 0.308 e. The van der Waals surface area contributed by atoms with Crippen molar-refractivity contribution in [1.29, 1.82) is 0 Å². The van der Waals surface area contributed by atoms with Gasteiger partial charge in [-0.1, -0.05) is 111 Å². The van der Waals surface area contributed by atoms with Crippen molar-refractivity contribution in [3.05, 3.63) is 0 Å². The Morgan fingerprint density at radius 3 is 1.69 bits per heavy atom. The predicted molar refractivity (Wildman–Crippen MR) is 183 cm³/mol. The smallest absolute Gasteiger partial charge is 0.308 e. The average Bonchev–Trinajstić information content (AvgIpc) is 3.03. The highest BCUT2D eigenvalue weighted by atomic mass is 16.5. The molecule has 0 saturated heterocycles. The molecule has 0 fully saturated rings. The molecule has 0 aliphatic rings. The van der Waals surface area contributed by atoms with Gasteiger partial charge in [-0.05, 0) is 51.5 Å². The molecule has 1 atom stereocenters. The number of esters is 3. The Hall–Kier alpha value is -1.67. The Bertz CT molecular complexity index is 688. The minimum Gasteiger partial charge on any atom is -0.466 e. The molecule has 0 radical (unpaired) electrons. The lowest BCUT2D eigenvalue weighted by Gasteiger charge is -2.21. The molecule has 0 rings (SSSR count). The molecule has 1 N–H and O–H groups in total. The molecule has 0 aromatic rings. The van der Waals surface area contributed by atoms with Crippen molar-refractivity contribution in [2.75, 3.05) is 46.1 Å². The predicted octanol–water partition coefficient (Wildman–Crippen LogP) is 8.56. The second-order valence-electron chi connectivity index (χ2n) is 12.6. The molecular formula is C37H71NO7. The first-order valence-electron chi connectivity index (χ1n) is 18.8. The fraction of sp³-hybridized carbons (Fsp3) is 0.919. The molecule has 0 aliphatic carbocycles. The van der Waals surface area contributed by atoms with Crippen LogP contribution >= 0.6 is 0 Å². The summed E-state index contributed by atoms with van der Waals surface area (Å²) in [5.74, 6) is -0.481. The fourth-order valence-corrected chi connectivity index (χ4v) is 5.37. The number of rotatable bonds is 34. The van der Waals surface area contributed by atoms with E-state index in [0.717, 1.165) is 57.9 Å². The van der Waals surface area contributed by atoms with Crippen LogP contribution in [0.15, 0.2) is 0 Å². The van der Waals surface area contributed by atoms with Crippen molar-refractivity contribution in [3.8, 4) is 0 Å². The number of hydrogen-bond donors (Lipinski definition) is 1. The van der Waals surface area contributed by atoms with E-state index in [4.69, 9.17) is 19.3 Å². The summed E-state index contributed by atoms with van der Waals surface area (Å²) >= 11 is 0. The van der Waals surface area contributed by atoms with Crippen LogP contribution in [0, 0.1) is 5.92 Å². The third-order valence-corrected chi connectivity index (χ3v) is 8.36. The quantitative estimate of drug-likeness (QED) is 0.0424. The van der Waals surface area contributed by atoms with Crippen molar-refractivity contribution < 1.29 is 33.7 Å². The molecule has 0 saturated carbocycles. The van der Waals surface area contributed by atoms with Gasteiger partial charge in [0.2, 0.25) is 0 Å². The minimum atomic E-state index is -0.256. The van der Waals surface area contributed by atoms with Gasteiger partial charge in [-0.2, -0.15) is 0 Å². The number of unbranched alkanes of at least 4 members (excludes halogenated alkanes) is 14. The van der Waals surface area contributed by atoms with Gasteiger partial charge < -0.3 is 19.3 Å². The highest BCUT2D eigenvalue weighted by Gasteiger charge is 2.19. The van der Waals surface area contributed by atoms with E-state index in [1.807, 2.05) is 0 Å². The number of carbonyl (C=O) groups is 3. The molecule has 0 spiro atoms. The average molecular weight is 642 g/mol. The molecule has 8 heteroatoms. The van der Waals surface area contributed by atoms with Crippen LogP contribution in [0.4, 0.5) is 0 Å². The van der Waals surface area contributed by atoms with E-state index in [2.05, 4.69) is 25.7 Å². The van der Waals surface area contributed by atoms with E-state index >= 15 is 0 Å². The molecule has 0 heterocycles. The van der Waals surface area contributed by atoms with Gasteiger partial charge in [0.15, 0.2) is 0 Å². The summed E-state index contributed by atoms with van der Waals surface area (Å²) in [7, 11) is 0. The second-order valence-corrected chi connectivity index (χ2v) is 12.6. The zero-order chi connectivity index (χ0) is 33.2. The van der Waals surface area contributed by atoms with Crippen molar-refractivity contribution >= 4 is 17.9 Å². The summed E-state index contributed by atoms with van der Waals surface area (Å²) in [4.78, 5) is 39.2. The Morgan fingerprint density at radius 2 is 1.04 bits per heavy atom. The van der Waals surface area contributed by atoms with Crippen LogP contribution in [0.5, 0.6) is 0 Å². The van der Waals surface area contributed by atoms with E-state index in [0.29, 0.717) is 58.6 Å². The summed E-state index contributed by atoms with van der Waals surface area (Å²) < 4.78 is 16.4. The Balaban J connectivity index is 4.12. The van der Waals surface area contributed by atoms with E-state index in [1.54, 1.807) is 0 Å². The molecule has 0 aliphatic heterocycles. The third kappa shape index (κ3) is 29.5. The summed E-state index contributed by atoms with van der Waals surface area (Å²) in [6.45, 7) is 9.50. The van der Waals surface area contributed by atoms with E-state index in [9.17, 15) is 14.4 Å². The Kier molecular flexibility index (Phi) is 32.4. The van der Waals surface area contributed by atoms with Gasteiger partial charge in [-0.25, -0.2) is 0 Å². The van der Waals surface area contributed by atoms with E-state index in [1.165, 1.54) is 64.2 Å². The molecule has 45 heavy (non-hydrogen) atoms. The van der Waals surface area contributed by atoms with Crippen LogP contribution in [0.1, 0.15) is 168 Å². The zero-order valence-corrected chi connectivity index (χ0v) is 29.6. The van der Waals surface area contributed by atoms with Crippen molar-refractivity contribution in [2.45, 2.75) is 168 Å². The molecule has 1 unspecified atom stereocenters. The molecule has 0 bridgehead atoms. The van der Waals surface area contributed by atoms with Crippen molar-refractivity contribution in [1.82, 2.24) is 4.90 Å². The first-order chi connectivity index (χ1) is 22.0. The first kappa shape index (κ1) is 43.3. The Morgan fingerprint density at radius 1 is 0.511 bits per heavy atom. The van der Waals surface area contributed by atoms with Crippen LogP contribution in [-0.4, -0.2) is 74.0 Å². The van der Waals surface area contributed by atoms with Crippen LogP contribution in [0.2, 0.25) is 0 Å². The lowest BCUT2D eigenvalue weighted by Crippen LogP contribution is -2.32. The molecular weight excluding hydrogens is 570 g/mol. The monoisotopic (exact) mass is 642 g/mol. The summed E-state index contributed by atoms with van der Waals surface area (Å²) in [6, 6.07) is 0. The number of aliphatic hydroxyl groups excluding tert-OH is 1. The number of aliphatic hydroxyl groups is 1. The van der Waals surface area contributed by atoms with Gasteiger partial charge in [-0.15, -0.1) is 0 Å². The fourth-order valence-electron chi connectivity index (χ4n) is 5.37. The van der Waals surface area contributed by atoms with Crippen LogP contribution in [0.25, 0.3) is 0 Å². The van der Waals surface area contributed by atoms with Crippen LogP contribution in [-0.2, 0) is 28.6 Å². The van der Waals surface area contributed by atoms with Crippen molar-refractivity contribution in [3.63, 3.8) is 0 Å². The van der Waals surface area contributed by atoms with E-state index in [-0.39, 0.29) is 36.9 Å². The van der Waals surface area contributed by atoms with Gasteiger partial charge in [0.25, 0.3) is 0 Å². The topological polar surface area (TPSA) is 102 Å². The largest absolute Gasteiger partial charge is 0.466 e. The maximum absolute atomic E-state index is 12.6. The van der Waals surface area contributed by atoms with Gasteiger partial charge >= 0.3 is 17.9 Å². The minimum absolute atomic E-state index is 0.00296. The summed E-state index contributed by atoms with van der Waals surface area (Å²) in [5, 5.41) is 9.14. The van der Waals surface area contributed by atoms with Crippen LogP contribution in [0.3, 0.4) is 0 Å². The summed E-state index contributed by atoms with van der Waals surface area (Å²) in [5.41, 5.74) is 0. The second kappa shape index (κ2) is 33.7. The maximum atomic E-state index is 12.6. The lowest BCUT2D eigenvalue weighted by atomic mass is 9.95. The Labute approximate surface area is 276 Å².